The number of benzene rings is 2. The van der Waals surface area contributed by atoms with Crippen LogP contribution in [-0.4, -0.2) is 42.1 Å². The summed E-state index contributed by atoms with van der Waals surface area (Å²) in [7, 11) is 1.54. The largest absolute Gasteiger partial charge is 0.497 e. The minimum Gasteiger partial charge on any atom is -0.497 e. The normalized spacial score (nSPS) is 17.4. The number of halogens is 1. The average Bonchev–Trinajstić information content (AvgIpc) is 3.29. The molecule has 1 aromatic heterocycles. The number of ether oxygens (including phenoxy) is 2. The minimum atomic E-state index is -0.723. The zero-order valence-corrected chi connectivity index (χ0v) is 16.4. The molecule has 3 heterocycles. The monoisotopic (exact) mass is 411 g/mol. The van der Waals surface area contributed by atoms with E-state index >= 15 is 0 Å². The highest BCUT2D eigenvalue weighted by Crippen LogP contribution is 2.46. The van der Waals surface area contributed by atoms with Crippen molar-refractivity contribution in [3.05, 3.63) is 57.7 Å². The Bertz CT molecular complexity index is 1160. The van der Waals surface area contributed by atoms with Gasteiger partial charge in [0.15, 0.2) is 5.78 Å². The Balaban J connectivity index is 1.73. The first-order valence-electron chi connectivity index (χ1n) is 9.36. The van der Waals surface area contributed by atoms with Crippen molar-refractivity contribution in [1.82, 2.24) is 15.5 Å². The Morgan fingerprint density at radius 1 is 1.21 bits per heavy atom. The number of carbonyl (C=O) groups excluding carboxylic acids is 2. The first kappa shape index (κ1) is 18.1. The Morgan fingerprint density at radius 2 is 2.00 bits per heavy atom. The van der Waals surface area contributed by atoms with Gasteiger partial charge in [0.1, 0.15) is 11.4 Å². The number of methoxy groups -OCH3 is 1. The van der Waals surface area contributed by atoms with Crippen molar-refractivity contribution in [2.75, 3.05) is 20.2 Å². The molecule has 0 amide bonds. The maximum absolute atomic E-state index is 13.6. The summed E-state index contributed by atoms with van der Waals surface area (Å²) in [6.45, 7) is 1.46. The summed E-state index contributed by atoms with van der Waals surface area (Å²) < 4.78 is 11.3. The predicted molar refractivity (Wildman–Crippen MR) is 107 cm³/mol. The maximum Gasteiger partial charge on any atom is 0.340 e. The summed E-state index contributed by atoms with van der Waals surface area (Å²) in [5.41, 5.74) is 1.47. The number of esters is 1. The first-order chi connectivity index (χ1) is 14.0. The van der Waals surface area contributed by atoms with Crippen LogP contribution in [0.2, 0.25) is 5.02 Å². The minimum absolute atomic E-state index is 0.248. The van der Waals surface area contributed by atoms with Gasteiger partial charge in [-0.1, -0.05) is 11.6 Å². The van der Waals surface area contributed by atoms with E-state index in [2.05, 4.69) is 15.5 Å². The van der Waals surface area contributed by atoms with Crippen molar-refractivity contribution in [3.63, 3.8) is 0 Å². The van der Waals surface area contributed by atoms with Crippen LogP contribution in [0.5, 0.6) is 5.75 Å². The number of nitrogens with zero attached hydrogens (tertiary/aromatic N) is 1. The van der Waals surface area contributed by atoms with Gasteiger partial charge >= 0.3 is 5.97 Å². The SMILES string of the molecule is COc1cc(C(=O)c2cc(Cl)cc3cn[nH]c23)c2c(c1)C1(CCNCC1)OC2=O. The molecule has 1 spiro atoms. The van der Waals surface area contributed by atoms with Crippen LogP contribution in [0.4, 0.5) is 0 Å². The standard InChI is InChI=1S/C21H18ClN3O4/c1-28-13-8-14(19(26)15-7-12(22)6-11-10-24-25-18(11)15)17-16(9-13)21(29-20(17)27)2-4-23-5-3-21/h6-10,23H,2-5H2,1H3,(H,24,25). The fourth-order valence-electron chi connectivity index (χ4n) is 4.32. The fourth-order valence-corrected chi connectivity index (χ4v) is 4.55. The number of hydrogen-bond donors (Lipinski definition) is 2. The Morgan fingerprint density at radius 3 is 2.76 bits per heavy atom. The van der Waals surface area contributed by atoms with Crippen LogP contribution in [0.25, 0.3) is 10.9 Å². The number of aromatic nitrogens is 2. The van der Waals surface area contributed by atoms with Crippen molar-refractivity contribution in [2.45, 2.75) is 18.4 Å². The van der Waals surface area contributed by atoms with Crippen molar-refractivity contribution in [3.8, 4) is 5.75 Å². The van der Waals surface area contributed by atoms with Crippen LogP contribution in [-0.2, 0) is 10.3 Å². The molecule has 0 aliphatic carbocycles. The average molecular weight is 412 g/mol. The maximum atomic E-state index is 13.6. The quantitative estimate of drug-likeness (QED) is 0.507. The molecule has 0 radical (unpaired) electrons. The van der Waals surface area contributed by atoms with E-state index in [1.54, 1.807) is 24.4 Å². The van der Waals surface area contributed by atoms with E-state index in [1.165, 1.54) is 7.11 Å². The number of nitrogens with one attached hydrogen (secondary N) is 2. The lowest BCUT2D eigenvalue weighted by Crippen LogP contribution is -2.40. The molecule has 0 atom stereocenters. The van der Waals surface area contributed by atoms with E-state index in [0.29, 0.717) is 40.3 Å². The highest BCUT2D eigenvalue weighted by molar-refractivity contribution is 6.32. The van der Waals surface area contributed by atoms with Crippen LogP contribution >= 0.6 is 11.6 Å². The van der Waals surface area contributed by atoms with Gasteiger partial charge in [0.05, 0.1) is 24.4 Å². The molecule has 5 rings (SSSR count). The molecule has 1 fully saturated rings. The summed E-state index contributed by atoms with van der Waals surface area (Å²) in [5, 5.41) is 11.3. The molecule has 3 aromatic rings. The fraction of sp³-hybridized carbons (Fsp3) is 0.286. The molecule has 0 unspecified atom stereocenters. The van der Waals surface area contributed by atoms with E-state index < -0.39 is 11.6 Å². The molecule has 2 aromatic carbocycles. The third-order valence-electron chi connectivity index (χ3n) is 5.74. The number of carbonyl (C=O) groups is 2. The molecule has 1 saturated heterocycles. The summed E-state index contributed by atoms with van der Waals surface area (Å²) in [6.07, 6.45) is 2.90. The summed E-state index contributed by atoms with van der Waals surface area (Å²) in [4.78, 5) is 26.5. The lowest BCUT2D eigenvalue weighted by Gasteiger charge is -2.33. The van der Waals surface area contributed by atoms with Gasteiger partial charge in [0.25, 0.3) is 0 Å². The Labute approximate surface area is 171 Å². The van der Waals surface area contributed by atoms with E-state index in [1.807, 2.05) is 6.07 Å². The molecular weight excluding hydrogens is 394 g/mol. The molecular formula is C21H18ClN3O4. The molecule has 2 aliphatic rings. The third-order valence-corrected chi connectivity index (χ3v) is 5.96. The molecule has 148 valence electrons. The highest BCUT2D eigenvalue weighted by Gasteiger charge is 2.48. The molecule has 0 bridgehead atoms. The van der Waals surface area contributed by atoms with Crippen LogP contribution in [0.15, 0.2) is 30.5 Å². The van der Waals surface area contributed by atoms with Gasteiger partial charge in [0.2, 0.25) is 0 Å². The van der Waals surface area contributed by atoms with Gasteiger partial charge in [-0.2, -0.15) is 5.10 Å². The topological polar surface area (TPSA) is 93.3 Å². The number of rotatable bonds is 3. The van der Waals surface area contributed by atoms with Gasteiger partial charge in [-0.25, -0.2) is 4.79 Å². The second kappa shape index (κ2) is 6.57. The second-order valence-electron chi connectivity index (χ2n) is 7.35. The molecule has 2 N–H and O–H groups in total. The van der Waals surface area contributed by atoms with Gasteiger partial charge < -0.3 is 14.8 Å². The number of ketones is 1. The Hall–Kier alpha value is -2.90. The van der Waals surface area contributed by atoms with E-state index in [0.717, 1.165) is 24.0 Å². The number of H-pyrrole nitrogens is 1. The van der Waals surface area contributed by atoms with Crippen molar-refractivity contribution < 1.29 is 19.1 Å². The zero-order valence-electron chi connectivity index (χ0n) is 15.7. The summed E-state index contributed by atoms with van der Waals surface area (Å²) >= 11 is 6.22. The van der Waals surface area contributed by atoms with E-state index in [-0.39, 0.29) is 11.3 Å². The van der Waals surface area contributed by atoms with Gasteiger partial charge in [-0.3, -0.25) is 9.89 Å². The highest BCUT2D eigenvalue weighted by atomic mass is 35.5. The first-order valence-corrected chi connectivity index (χ1v) is 9.74. The van der Waals surface area contributed by atoms with Crippen LogP contribution < -0.4 is 10.1 Å². The molecule has 29 heavy (non-hydrogen) atoms. The lowest BCUT2D eigenvalue weighted by atomic mass is 9.82. The van der Waals surface area contributed by atoms with Crippen molar-refractivity contribution >= 4 is 34.3 Å². The van der Waals surface area contributed by atoms with E-state index in [9.17, 15) is 9.59 Å². The number of piperidine rings is 1. The summed E-state index contributed by atoms with van der Waals surface area (Å²) in [5.74, 6) is -0.304. The molecule has 7 nitrogen and oxygen atoms in total. The van der Waals surface area contributed by atoms with Crippen LogP contribution in [0, 0.1) is 0 Å². The van der Waals surface area contributed by atoms with Gasteiger partial charge in [-0.15, -0.1) is 0 Å². The summed E-state index contributed by atoms with van der Waals surface area (Å²) in [6, 6.07) is 6.71. The third kappa shape index (κ3) is 2.73. The van der Waals surface area contributed by atoms with Crippen LogP contribution in [0.3, 0.4) is 0 Å². The van der Waals surface area contributed by atoms with Gasteiger partial charge in [0, 0.05) is 39.9 Å². The lowest BCUT2D eigenvalue weighted by molar-refractivity contribution is -0.0242. The Kier molecular flexibility index (Phi) is 4.11. The predicted octanol–water partition coefficient (Wildman–Crippen LogP) is 3.21. The zero-order chi connectivity index (χ0) is 20.2. The van der Waals surface area contributed by atoms with E-state index in [4.69, 9.17) is 21.1 Å². The van der Waals surface area contributed by atoms with Crippen molar-refractivity contribution in [1.29, 1.82) is 0 Å². The smallest absolute Gasteiger partial charge is 0.340 e. The number of fused-ring (bicyclic) bond motifs is 3. The molecule has 2 aliphatic heterocycles. The van der Waals surface area contributed by atoms with Gasteiger partial charge in [-0.05, 0) is 37.4 Å². The van der Waals surface area contributed by atoms with Crippen LogP contribution in [0.1, 0.15) is 44.7 Å². The molecule has 0 saturated carbocycles. The number of hydrogen-bond acceptors (Lipinski definition) is 6. The number of aromatic amines is 1. The second-order valence-corrected chi connectivity index (χ2v) is 7.78. The molecule has 8 heteroatoms. The van der Waals surface area contributed by atoms with Crippen molar-refractivity contribution in [2.24, 2.45) is 0 Å².